The second kappa shape index (κ2) is 10.9. The molecule has 3 rings (SSSR count). The van der Waals surface area contributed by atoms with Gasteiger partial charge in [-0.15, -0.1) is 0 Å². The Hall–Kier alpha value is -3.43. The Bertz CT molecular complexity index is 1200. The lowest BCUT2D eigenvalue weighted by Gasteiger charge is -2.22. The van der Waals surface area contributed by atoms with Gasteiger partial charge in [-0.25, -0.2) is 12.8 Å². The number of methoxy groups -OCH3 is 2. The zero-order valence-electron chi connectivity index (χ0n) is 18.3. The van der Waals surface area contributed by atoms with Gasteiger partial charge < -0.3 is 14.8 Å². The van der Waals surface area contributed by atoms with Crippen molar-refractivity contribution >= 4 is 21.6 Å². The maximum atomic E-state index is 13.5. The van der Waals surface area contributed by atoms with E-state index in [0.29, 0.717) is 12.2 Å². The fourth-order valence-corrected chi connectivity index (χ4v) is 4.65. The first-order chi connectivity index (χ1) is 15.8. The Morgan fingerprint density at radius 3 is 2.33 bits per heavy atom. The van der Waals surface area contributed by atoms with Crippen molar-refractivity contribution in [3.05, 3.63) is 84.2 Å². The number of halogens is 1. The van der Waals surface area contributed by atoms with Gasteiger partial charge in [-0.2, -0.15) is 4.31 Å². The van der Waals surface area contributed by atoms with Gasteiger partial charge in [-0.1, -0.05) is 36.4 Å². The summed E-state index contributed by atoms with van der Waals surface area (Å²) in [6.07, 6.45) is 0.403. The SMILES string of the molecule is COc1ccc(S(=O)(=O)N(CCc2ccccc2)CC(=O)Nc2cccc(F)c2)cc1OC. The molecule has 0 bridgehead atoms. The van der Waals surface area contributed by atoms with E-state index in [1.165, 1.54) is 50.6 Å². The lowest BCUT2D eigenvalue weighted by Crippen LogP contribution is -2.39. The van der Waals surface area contributed by atoms with Crippen LogP contribution < -0.4 is 14.8 Å². The lowest BCUT2D eigenvalue weighted by molar-refractivity contribution is -0.116. The quantitative estimate of drug-likeness (QED) is 0.486. The predicted molar refractivity (Wildman–Crippen MR) is 123 cm³/mol. The number of anilines is 1. The molecule has 3 aromatic carbocycles. The van der Waals surface area contributed by atoms with Crippen LogP contribution in [-0.4, -0.2) is 45.9 Å². The average Bonchev–Trinajstić information content (AvgIpc) is 2.81. The highest BCUT2D eigenvalue weighted by atomic mass is 32.2. The fourth-order valence-electron chi connectivity index (χ4n) is 3.24. The summed E-state index contributed by atoms with van der Waals surface area (Å²) in [5.41, 5.74) is 1.17. The summed E-state index contributed by atoms with van der Waals surface area (Å²) < 4.78 is 51.9. The van der Waals surface area contributed by atoms with Crippen molar-refractivity contribution in [2.24, 2.45) is 0 Å². The smallest absolute Gasteiger partial charge is 0.243 e. The van der Waals surface area contributed by atoms with Gasteiger partial charge in [0, 0.05) is 18.3 Å². The summed E-state index contributed by atoms with van der Waals surface area (Å²) in [6.45, 7) is -0.378. The Kier molecular flexibility index (Phi) is 8.02. The molecule has 33 heavy (non-hydrogen) atoms. The van der Waals surface area contributed by atoms with Crippen molar-refractivity contribution in [3.8, 4) is 11.5 Å². The molecule has 9 heteroatoms. The van der Waals surface area contributed by atoms with Crippen molar-refractivity contribution in [2.45, 2.75) is 11.3 Å². The maximum Gasteiger partial charge on any atom is 0.243 e. The summed E-state index contributed by atoms with van der Waals surface area (Å²) in [5, 5.41) is 2.55. The number of nitrogens with one attached hydrogen (secondary N) is 1. The van der Waals surface area contributed by atoms with Crippen molar-refractivity contribution in [1.82, 2.24) is 4.31 Å². The van der Waals surface area contributed by atoms with Crippen molar-refractivity contribution in [2.75, 3.05) is 32.6 Å². The molecule has 0 aliphatic carbocycles. The van der Waals surface area contributed by atoms with E-state index < -0.39 is 28.3 Å². The molecule has 0 aromatic heterocycles. The van der Waals surface area contributed by atoms with Gasteiger partial charge in [0.1, 0.15) is 5.82 Å². The molecule has 0 fully saturated rings. The average molecular weight is 473 g/mol. The number of nitrogens with zero attached hydrogens (tertiary/aromatic N) is 1. The molecule has 0 saturated heterocycles. The van der Waals surface area contributed by atoms with Crippen LogP contribution in [0.5, 0.6) is 11.5 Å². The van der Waals surface area contributed by atoms with Gasteiger partial charge in [0.25, 0.3) is 0 Å². The Morgan fingerprint density at radius 1 is 0.939 bits per heavy atom. The van der Waals surface area contributed by atoms with Gasteiger partial charge >= 0.3 is 0 Å². The highest BCUT2D eigenvalue weighted by Gasteiger charge is 2.28. The highest BCUT2D eigenvalue weighted by Crippen LogP contribution is 2.30. The van der Waals surface area contributed by atoms with Gasteiger partial charge in [0.05, 0.1) is 25.7 Å². The van der Waals surface area contributed by atoms with E-state index in [1.54, 1.807) is 0 Å². The topological polar surface area (TPSA) is 84.9 Å². The number of carbonyl (C=O) groups excluding carboxylic acids is 1. The minimum atomic E-state index is -4.06. The van der Waals surface area contributed by atoms with Crippen LogP contribution in [0.15, 0.2) is 77.7 Å². The van der Waals surface area contributed by atoms with Crippen LogP contribution in [-0.2, 0) is 21.2 Å². The van der Waals surface area contributed by atoms with Crippen LogP contribution in [0.25, 0.3) is 0 Å². The van der Waals surface area contributed by atoms with E-state index in [1.807, 2.05) is 30.3 Å². The van der Waals surface area contributed by atoms with Crippen LogP contribution in [0.4, 0.5) is 10.1 Å². The Balaban J connectivity index is 1.87. The normalized spacial score (nSPS) is 11.3. The molecule has 0 radical (unpaired) electrons. The third-order valence-electron chi connectivity index (χ3n) is 4.91. The molecule has 174 valence electrons. The van der Waals surface area contributed by atoms with Crippen LogP contribution >= 0.6 is 0 Å². The van der Waals surface area contributed by atoms with E-state index in [4.69, 9.17) is 9.47 Å². The number of ether oxygens (including phenoxy) is 2. The molecule has 0 atom stereocenters. The van der Waals surface area contributed by atoms with Crippen molar-refractivity contribution < 1.29 is 27.1 Å². The number of hydrogen-bond acceptors (Lipinski definition) is 5. The largest absolute Gasteiger partial charge is 0.493 e. The molecule has 0 aliphatic heterocycles. The Labute approximate surface area is 192 Å². The molecular weight excluding hydrogens is 447 g/mol. The Morgan fingerprint density at radius 2 is 1.67 bits per heavy atom. The number of rotatable bonds is 10. The van der Waals surface area contributed by atoms with Gasteiger partial charge in [-0.05, 0) is 42.3 Å². The van der Waals surface area contributed by atoms with Crippen LogP contribution in [0, 0.1) is 5.82 Å². The van der Waals surface area contributed by atoms with E-state index in [9.17, 15) is 17.6 Å². The van der Waals surface area contributed by atoms with E-state index in [0.717, 1.165) is 15.9 Å². The number of benzene rings is 3. The summed E-state index contributed by atoms with van der Waals surface area (Å²) in [5.74, 6) is -0.452. The second-order valence-electron chi connectivity index (χ2n) is 7.15. The zero-order valence-corrected chi connectivity index (χ0v) is 19.1. The van der Waals surface area contributed by atoms with E-state index in [2.05, 4.69) is 5.32 Å². The third kappa shape index (κ3) is 6.30. The van der Waals surface area contributed by atoms with Crippen LogP contribution in [0.2, 0.25) is 0 Å². The van der Waals surface area contributed by atoms with E-state index in [-0.39, 0.29) is 22.9 Å². The standard InChI is InChI=1S/C24H25FN2O5S/c1-31-22-12-11-21(16-23(22)32-2)33(29,30)27(14-13-18-7-4-3-5-8-18)17-24(28)26-20-10-6-9-19(25)15-20/h3-12,15-16H,13-14,17H2,1-2H3,(H,26,28). The van der Waals surface area contributed by atoms with Gasteiger partial charge in [0.15, 0.2) is 11.5 Å². The first kappa shape index (κ1) is 24.2. The number of hydrogen-bond donors (Lipinski definition) is 1. The second-order valence-corrected chi connectivity index (χ2v) is 9.09. The molecule has 0 unspecified atom stereocenters. The number of carbonyl (C=O) groups is 1. The molecular formula is C24H25FN2O5S. The summed E-state index contributed by atoms with van der Waals surface area (Å²) in [4.78, 5) is 12.6. The molecule has 1 N–H and O–H groups in total. The van der Waals surface area contributed by atoms with Crippen molar-refractivity contribution in [3.63, 3.8) is 0 Å². The molecule has 0 aliphatic rings. The third-order valence-corrected chi connectivity index (χ3v) is 6.75. The lowest BCUT2D eigenvalue weighted by atomic mass is 10.1. The maximum absolute atomic E-state index is 13.5. The highest BCUT2D eigenvalue weighted by molar-refractivity contribution is 7.89. The fraction of sp³-hybridized carbons (Fsp3) is 0.208. The predicted octanol–water partition coefficient (Wildman–Crippen LogP) is 3.72. The van der Waals surface area contributed by atoms with Gasteiger partial charge in [-0.3, -0.25) is 4.79 Å². The molecule has 1 amide bonds. The number of sulfonamides is 1. The molecule has 0 saturated carbocycles. The molecule has 0 spiro atoms. The minimum absolute atomic E-state index is 0.0354. The van der Waals surface area contributed by atoms with Crippen LogP contribution in [0.3, 0.4) is 0 Å². The zero-order chi connectivity index (χ0) is 23.8. The summed E-state index contributed by atoms with van der Waals surface area (Å²) in [7, 11) is -1.20. The first-order valence-electron chi connectivity index (χ1n) is 10.1. The van der Waals surface area contributed by atoms with Crippen molar-refractivity contribution in [1.29, 1.82) is 0 Å². The van der Waals surface area contributed by atoms with Crippen LogP contribution in [0.1, 0.15) is 5.56 Å². The minimum Gasteiger partial charge on any atom is -0.493 e. The first-order valence-corrected chi connectivity index (χ1v) is 11.6. The summed E-state index contributed by atoms with van der Waals surface area (Å²) in [6, 6.07) is 19.0. The van der Waals surface area contributed by atoms with Gasteiger partial charge in [0.2, 0.25) is 15.9 Å². The van der Waals surface area contributed by atoms with E-state index >= 15 is 0 Å². The monoisotopic (exact) mass is 472 g/mol. The summed E-state index contributed by atoms with van der Waals surface area (Å²) >= 11 is 0. The molecule has 0 heterocycles. The molecule has 3 aromatic rings. The number of amides is 1. The molecule has 7 nitrogen and oxygen atoms in total.